The van der Waals surface area contributed by atoms with E-state index in [4.69, 9.17) is 9.52 Å². The summed E-state index contributed by atoms with van der Waals surface area (Å²) in [5.41, 5.74) is 0. The standard InChI is InChI=1S/C12H15N3O2S/c1-2-6-15-11(10-5-3-8-17-10)13-14-12(15)18-9-4-7-16/h2-3,5,8,16H,1,4,6-7,9H2. The van der Waals surface area contributed by atoms with Gasteiger partial charge in [-0.3, -0.25) is 4.57 Å². The lowest BCUT2D eigenvalue weighted by Gasteiger charge is -2.05. The molecule has 0 amide bonds. The van der Waals surface area contributed by atoms with Gasteiger partial charge in [-0.15, -0.1) is 16.8 Å². The fourth-order valence-corrected chi connectivity index (χ4v) is 2.38. The zero-order chi connectivity index (χ0) is 12.8. The molecule has 0 bridgehead atoms. The van der Waals surface area contributed by atoms with Crippen LogP contribution in [0.2, 0.25) is 0 Å². The minimum Gasteiger partial charge on any atom is -0.461 e. The predicted molar refractivity (Wildman–Crippen MR) is 70.3 cm³/mol. The summed E-state index contributed by atoms with van der Waals surface area (Å²) in [7, 11) is 0. The first-order chi connectivity index (χ1) is 8.86. The van der Waals surface area contributed by atoms with Gasteiger partial charge in [0.2, 0.25) is 5.82 Å². The van der Waals surface area contributed by atoms with Gasteiger partial charge in [-0.1, -0.05) is 17.8 Å². The highest BCUT2D eigenvalue weighted by atomic mass is 32.2. The van der Waals surface area contributed by atoms with Gasteiger partial charge in [0, 0.05) is 18.9 Å². The van der Waals surface area contributed by atoms with Crippen molar-refractivity contribution in [3.8, 4) is 11.6 Å². The van der Waals surface area contributed by atoms with Crippen molar-refractivity contribution < 1.29 is 9.52 Å². The van der Waals surface area contributed by atoms with Gasteiger partial charge in [-0.25, -0.2) is 0 Å². The molecular weight excluding hydrogens is 250 g/mol. The number of aliphatic hydroxyl groups is 1. The molecule has 0 aliphatic heterocycles. The Morgan fingerprint density at radius 1 is 1.50 bits per heavy atom. The van der Waals surface area contributed by atoms with Crippen LogP contribution in [0.3, 0.4) is 0 Å². The first-order valence-electron chi connectivity index (χ1n) is 5.68. The van der Waals surface area contributed by atoms with Crippen LogP contribution in [0.25, 0.3) is 11.6 Å². The van der Waals surface area contributed by atoms with Crippen LogP contribution in [0.15, 0.2) is 40.6 Å². The van der Waals surface area contributed by atoms with E-state index >= 15 is 0 Å². The summed E-state index contributed by atoms with van der Waals surface area (Å²) in [4.78, 5) is 0. The van der Waals surface area contributed by atoms with Crippen LogP contribution in [0, 0.1) is 0 Å². The van der Waals surface area contributed by atoms with E-state index in [1.165, 1.54) is 0 Å². The highest BCUT2D eigenvalue weighted by Gasteiger charge is 2.14. The third-order valence-corrected chi connectivity index (χ3v) is 3.36. The number of thioether (sulfide) groups is 1. The quantitative estimate of drug-likeness (QED) is 0.472. The molecule has 0 fully saturated rings. The van der Waals surface area contributed by atoms with Crippen molar-refractivity contribution in [2.75, 3.05) is 12.4 Å². The molecule has 2 rings (SSSR count). The van der Waals surface area contributed by atoms with E-state index in [0.29, 0.717) is 18.1 Å². The second-order valence-electron chi connectivity index (χ2n) is 3.61. The Bertz CT molecular complexity index is 493. The van der Waals surface area contributed by atoms with E-state index in [-0.39, 0.29) is 6.61 Å². The van der Waals surface area contributed by atoms with E-state index in [0.717, 1.165) is 17.3 Å². The SMILES string of the molecule is C=CCn1c(SCCCO)nnc1-c1ccco1. The summed E-state index contributed by atoms with van der Waals surface area (Å²) in [6.45, 7) is 4.56. The van der Waals surface area contributed by atoms with E-state index in [9.17, 15) is 0 Å². The van der Waals surface area contributed by atoms with Crippen molar-refractivity contribution in [2.45, 2.75) is 18.1 Å². The molecule has 2 aromatic rings. The summed E-state index contributed by atoms with van der Waals surface area (Å²) >= 11 is 1.57. The Hall–Kier alpha value is -1.53. The summed E-state index contributed by atoms with van der Waals surface area (Å²) < 4.78 is 7.29. The minimum atomic E-state index is 0.188. The van der Waals surface area contributed by atoms with Crippen LogP contribution in [-0.4, -0.2) is 32.2 Å². The molecule has 96 valence electrons. The van der Waals surface area contributed by atoms with Crippen LogP contribution in [-0.2, 0) is 6.54 Å². The third kappa shape index (κ3) is 2.83. The second-order valence-corrected chi connectivity index (χ2v) is 4.67. The molecule has 2 heterocycles. The number of hydrogen-bond acceptors (Lipinski definition) is 5. The highest BCUT2D eigenvalue weighted by Crippen LogP contribution is 2.24. The zero-order valence-corrected chi connectivity index (χ0v) is 10.8. The Morgan fingerprint density at radius 2 is 2.39 bits per heavy atom. The molecule has 18 heavy (non-hydrogen) atoms. The molecule has 0 aliphatic rings. The smallest absolute Gasteiger partial charge is 0.200 e. The number of nitrogens with zero attached hydrogens (tertiary/aromatic N) is 3. The van der Waals surface area contributed by atoms with Crippen LogP contribution in [0.4, 0.5) is 0 Å². The third-order valence-electron chi connectivity index (χ3n) is 2.30. The van der Waals surface area contributed by atoms with Crippen LogP contribution >= 0.6 is 11.8 Å². The Morgan fingerprint density at radius 3 is 3.06 bits per heavy atom. The van der Waals surface area contributed by atoms with Crippen molar-refractivity contribution >= 4 is 11.8 Å². The van der Waals surface area contributed by atoms with Crippen molar-refractivity contribution in [1.29, 1.82) is 0 Å². The van der Waals surface area contributed by atoms with Gasteiger partial charge in [0.25, 0.3) is 0 Å². The molecule has 0 aliphatic carbocycles. The summed E-state index contributed by atoms with van der Waals surface area (Å²) in [6, 6.07) is 3.67. The van der Waals surface area contributed by atoms with Gasteiger partial charge in [-0.2, -0.15) is 0 Å². The molecule has 0 saturated carbocycles. The number of allylic oxidation sites excluding steroid dienone is 1. The molecule has 0 spiro atoms. The molecule has 0 radical (unpaired) electrons. The number of aliphatic hydroxyl groups excluding tert-OH is 1. The zero-order valence-electron chi connectivity index (χ0n) is 9.95. The Balaban J connectivity index is 2.22. The Kier molecular flexibility index (Phi) is 4.60. The van der Waals surface area contributed by atoms with Gasteiger partial charge in [-0.05, 0) is 18.6 Å². The van der Waals surface area contributed by atoms with E-state index < -0.39 is 0 Å². The molecule has 0 atom stereocenters. The summed E-state index contributed by atoms with van der Waals surface area (Å²) in [6.07, 6.45) is 4.15. The second kappa shape index (κ2) is 6.42. The van der Waals surface area contributed by atoms with Gasteiger partial charge < -0.3 is 9.52 Å². The van der Waals surface area contributed by atoms with Gasteiger partial charge >= 0.3 is 0 Å². The average molecular weight is 265 g/mol. The number of hydrogen-bond donors (Lipinski definition) is 1. The lowest BCUT2D eigenvalue weighted by atomic mass is 10.4. The maximum Gasteiger partial charge on any atom is 0.200 e. The number of furan rings is 1. The molecule has 1 N–H and O–H groups in total. The molecule has 0 unspecified atom stereocenters. The molecular formula is C12H15N3O2S. The van der Waals surface area contributed by atoms with Crippen LogP contribution in [0.1, 0.15) is 6.42 Å². The highest BCUT2D eigenvalue weighted by molar-refractivity contribution is 7.99. The number of rotatable bonds is 7. The maximum absolute atomic E-state index is 8.79. The van der Waals surface area contributed by atoms with Crippen molar-refractivity contribution in [2.24, 2.45) is 0 Å². The van der Waals surface area contributed by atoms with Gasteiger partial charge in [0.15, 0.2) is 10.9 Å². The lowest BCUT2D eigenvalue weighted by molar-refractivity contribution is 0.296. The largest absolute Gasteiger partial charge is 0.461 e. The van der Waals surface area contributed by atoms with Crippen LogP contribution in [0.5, 0.6) is 0 Å². The van der Waals surface area contributed by atoms with Crippen molar-refractivity contribution in [1.82, 2.24) is 14.8 Å². The van der Waals surface area contributed by atoms with E-state index in [1.807, 2.05) is 16.7 Å². The molecule has 0 saturated heterocycles. The molecule has 0 aromatic carbocycles. The van der Waals surface area contributed by atoms with Crippen molar-refractivity contribution in [3.05, 3.63) is 31.1 Å². The first-order valence-corrected chi connectivity index (χ1v) is 6.67. The average Bonchev–Trinajstić information content (AvgIpc) is 3.00. The van der Waals surface area contributed by atoms with E-state index in [1.54, 1.807) is 24.1 Å². The van der Waals surface area contributed by atoms with E-state index in [2.05, 4.69) is 16.8 Å². The monoisotopic (exact) mass is 265 g/mol. The lowest BCUT2D eigenvalue weighted by Crippen LogP contribution is -2.00. The summed E-state index contributed by atoms with van der Waals surface area (Å²) in [5, 5.41) is 17.9. The topological polar surface area (TPSA) is 64.1 Å². The summed E-state index contributed by atoms with van der Waals surface area (Å²) in [5.74, 6) is 2.20. The first kappa shape index (κ1) is 12.9. The van der Waals surface area contributed by atoms with Crippen LogP contribution < -0.4 is 0 Å². The molecule has 5 nitrogen and oxygen atoms in total. The number of aromatic nitrogens is 3. The normalized spacial score (nSPS) is 10.7. The molecule has 6 heteroatoms. The van der Waals surface area contributed by atoms with Gasteiger partial charge in [0.05, 0.1) is 6.26 Å². The predicted octanol–water partition coefficient (Wildman–Crippen LogP) is 2.20. The fraction of sp³-hybridized carbons (Fsp3) is 0.333. The fourth-order valence-electron chi connectivity index (χ4n) is 1.51. The Labute approximate surface area is 110 Å². The minimum absolute atomic E-state index is 0.188. The molecule has 2 aromatic heterocycles. The van der Waals surface area contributed by atoms with Gasteiger partial charge in [0.1, 0.15) is 0 Å². The van der Waals surface area contributed by atoms with Crippen molar-refractivity contribution in [3.63, 3.8) is 0 Å². The maximum atomic E-state index is 8.79.